The fraction of sp³-hybridized carbons (Fsp3) is 0.462. The lowest BCUT2D eigenvalue weighted by molar-refractivity contribution is -0.144. The minimum absolute atomic E-state index is 0.344. The van der Waals surface area contributed by atoms with Gasteiger partial charge in [0.2, 0.25) is 0 Å². The smallest absolute Gasteiger partial charge is 0.329 e. The van der Waals surface area contributed by atoms with Crippen molar-refractivity contribution in [3.63, 3.8) is 0 Å². The molecule has 1 unspecified atom stereocenters. The summed E-state index contributed by atoms with van der Waals surface area (Å²) in [6.07, 6.45) is 2.28. The molecule has 1 aromatic carbocycles. The maximum absolute atomic E-state index is 11.4. The molecule has 1 saturated carbocycles. The van der Waals surface area contributed by atoms with Crippen molar-refractivity contribution >= 4 is 5.97 Å². The van der Waals surface area contributed by atoms with Gasteiger partial charge in [0, 0.05) is 12.6 Å². The maximum atomic E-state index is 11.4. The molecule has 0 radical (unpaired) electrons. The molecule has 4 nitrogen and oxygen atoms in total. The Hall–Kier alpha value is -1.39. The number of benzene rings is 1. The molecule has 1 aliphatic carbocycles. The van der Waals surface area contributed by atoms with Crippen LogP contribution in [0.1, 0.15) is 18.4 Å². The van der Waals surface area contributed by atoms with Crippen molar-refractivity contribution in [1.29, 1.82) is 0 Å². The second-order valence-corrected chi connectivity index (χ2v) is 4.79. The average Bonchev–Trinajstić information content (AvgIpc) is 3.13. The fourth-order valence-corrected chi connectivity index (χ4v) is 2.06. The summed E-state index contributed by atoms with van der Waals surface area (Å²) < 4.78 is 0. The molecule has 0 amide bonds. The van der Waals surface area contributed by atoms with E-state index in [1.54, 1.807) is 12.1 Å². The van der Waals surface area contributed by atoms with E-state index in [1.165, 1.54) is 0 Å². The van der Waals surface area contributed by atoms with Crippen LogP contribution in [0.5, 0.6) is 0 Å². The SMILES string of the molecule is CN(CC(N)(C(=O)O)c1ccccc1)C1CC1. The number of hydrogen-bond donors (Lipinski definition) is 2. The van der Waals surface area contributed by atoms with E-state index < -0.39 is 11.5 Å². The first kappa shape index (κ1) is 12.1. The average molecular weight is 234 g/mol. The second-order valence-electron chi connectivity index (χ2n) is 4.79. The number of hydrogen-bond acceptors (Lipinski definition) is 3. The third kappa shape index (κ3) is 2.48. The number of carbonyl (C=O) groups is 1. The number of carboxylic acid groups (broad SMARTS) is 1. The second kappa shape index (κ2) is 4.47. The quantitative estimate of drug-likeness (QED) is 0.798. The summed E-state index contributed by atoms with van der Waals surface area (Å²) >= 11 is 0. The molecular weight excluding hydrogens is 216 g/mol. The molecule has 0 spiro atoms. The van der Waals surface area contributed by atoms with Gasteiger partial charge in [0.05, 0.1) is 0 Å². The third-order valence-electron chi connectivity index (χ3n) is 3.34. The van der Waals surface area contributed by atoms with Gasteiger partial charge in [-0.2, -0.15) is 0 Å². The van der Waals surface area contributed by atoms with E-state index in [1.807, 2.05) is 30.1 Å². The molecule has 2 rings (SSSR count). The first-order chi connectivity index (χ1) is 8.04. The van der Waals surface area contributed by atoms with E-state index in [4.69, 9.17) is 5.73 Å². The zero-order chi connectivity index (χ0) is 12.5. The standard InChI is InChI=1S/C13H18N2O2/c1-15(11-7-8-11)9-13(14,12(16)17)10-5-3-2-4-6-10/h2-6,11H,7-9,14H2,1H3,(H,16,17). The molecule has 1 aromatic rings. The highest BCUT2D eigenvalue weighted by molar-refractivity contribution is 5.80. The molecule has 1 aliphatic rings. The molecule has 1 fully saturated rings. The number of nitrogens with zero attached hydrogens (tertiary/aromatic N) is 1. The first-order valence-corrected chi connectivity index (χ1v) is 5.82. The number of carboxylic acids is 1. The predicted molar refractivity (Wildman–Crippen MR) is 65.6 cm³/mol. The molecule has 3 N–H and O–H groups in total. The van der Waals surface area contributed by atoms with Crippen LogP contribution in [0, 0.1) is 0 Å². The predicted octanol–water partition coefficient (Wildman–Crippen LogP) is 1.02. The zero-order valence-corrected chi connectivity index (χ0v) is 9.97. The van der Waals surface area contributed by atoms with Crippen LogP contribution in [0.15, 0.2) is 30.3 Å². The number of aliphatic carboxylic acids is 1. The summed E-state index contributed by atoms with van der Waals surface area (Å²) in [6.45, 7) is 0.344. The van der Waals surface area contributed by atoms with Gasteiger partial charge in [0.1, 0.15) is 0 Å². The van der Waals surface area contributed by atoms with Gasteiger partial charge in [-0.1, -0.05) is 30.3 Å². The Morgan fingerprint density at radius 3 is 2.53 bits per heavy atom. The van der Waals surface area contributed by atoms with Crippen LogP contribution in [-0.4, -0.2) is 35.6 Å². The normalized spacial score (nSPS) is 19.0. The van der Waals surface area contributed by atoms with E-state index >= 15 is 0 Å². The lowest BCUT2D eigenvalue weighted by atomic mass is 9.90. The minimum atomic E-state index is -1.32. The summed E-state index contributed by atoms with van der Waals surface area (Å²) in [7, 11) is 1.94. The molecule has 4 heteroatoms. The summed E-state index contributed by atoms with van der Waals surface area (Å²) in [5.74, 6) is -0.976. The first-order valence-electron chi connectivity index (χ1n) is 5.82. The van der Waals surface area contributed by atoms with Gasteiger partial charge in [-0.15, -0.1) is 0 Å². The summed E-state index contributed by atoms with van der Waals surface area (Å²) in [6, 6.07) is 9.54. The molecule has 17 heavy (non-hydrogen) atoms. The highest BCUT2D eigenvalue weighted by Gasteiger charge is 2.40. The van der Waals surface area contributed by atoms with E-state index in [0.29, 0.717) is 18.2 Å². The molecule has 0 heterocycles. The third-order valence-corrected chi connectivity index (χ3v) is 3.34. The van der Waals surface area contributed by atoms with Gasteiger partial charge in [-0.3, -0.25) is 0 Å². The van der Waals surface area contributed by atoms with Gasteiger partial charge < -0.3 is 15.7 Å². The maximum Gasteiger partial charge on any atom is 0.329 e. The number of likely N-dealkylation sites (N-methyl/N-ethyl adjacent to an activating group) is 1. The van der Waals surface area contributed by atoms with Crippen molar-refractivity contribution in [2.75, 3.05) is 13.6 Å². The number of rotatable bonds is 5. The molecule has 92 valence electrons. The topological polar surface area (TPSA) is 66.6 Å². The molecule has 0 aromatic heterocycles. The Labute approximate surface area is 101 Å². The van der Waals surface area contributed by atoms with Crippen molar-refractivity contribution in [3.8, 4) is 0 Å². The van der Waals surface area contributed by atoms with Crippen LogP contribution >= 0.6 is 0 Å². The van der Waals surface area contributed by atoms with Crippen molar-refractivity contribution in [2.24, 2.45) is 5.73 Å². The summed E-state index contributed by atoms with van der Waals surface area (Å²) in [5.41, 5.74) is 5.42. The lowest BCUT2D eigenvalue weighted by Gasteiger charge is -2.30. The van der Waals surface area contributed by atoms with Crippen molar-refractivity contribution in [1.82, 2.24) is 4.90 Å². The van der Waals surface area contributed by atoms with Crippen LogP contribution in [0.25, 0.3) is 0 Å². The Kier molecular flexibility index (Phi) is 3.17. The molecule has 0 saturated heterocycles. The van der Waals surface area contributed by atoms with Crippen LogP contribution in [0.3, 0.4) is 0 Å². The van der Waals surface area contributed by atoms with Crippen molar-refractivity contribution < 1.29 is 9.90 Å². The van der Waals surface area contributed by atoms with E-state index in [0.717, 1.165) is 12.8 Å². The monoisotopic (exact) mass is 234 g/mol. The van der Waals surface area contributed by atoms with E-state index in [2.05, 4.69) is 0 Å². The van der Waals surface area contributed by atoms with Crippen LogP contribution in [0.4, 0.5) is 0 Å². The Morgan fingerprint density at radius 1 is 1.47 bits per heavy atom. The largest absolute Gasteiger partial charge is 0.480 e. The van der Waals surface area contributed by atoms with Crippen LogP contribution < -0.4 is 5.73 Å². The highest BCUT2D eigenvalue weighted by atomic mass is 16.4. The zero-order valence-electron chi connectivity index (χ0n) is 9.97. The fourth-order valence-electron chi connectivity index (χ4n) is 2.06. The highest BCUT2D eigenvalue weighted by Crippen LogP contribution is 2.29. The van der Waals surface area contributed by atoms with E-state index in [9.17, 15) is 9.90 Å². The van der Waals surface area contributed by atoms with Gasteiger partial charge >= 0.3 is 5.97 Å². The number of nitrogens with two attached hydrogens (primary N) is 1. The van der Waals surface area contributed by atoms with Crippen molar-refractivity contribution in [2.45, 2.75) is 24.4 Å². The summed E-state index contributed by atoms with van der Waals surface area (Å²) in [4.78, 5) is 13.5. The van der Waals surface area contributed by atoms with Gasteiger partial charge in [-0.25, -0.2) is 4.79 Å². The van der Waals surface area contributed by atoms with Crippen molar-refractivity contribution in [3.05, 3.63) is 35.9 Å². The Bertz CT molecular complexity index is 403. The molecule has 0 aliphatic heterocycles. The Balaban J connectivity index is 2.22. The molecule has 0 bridgehead atoms. The Morgan fingerprint density at radius 2 is 2.06 bits per heavy atom. The molecular formula is C13H18N2O2. The van der Waals surface area contributed by atoms with E-state index in [-0.39, 0.29) is 0 Å². The van der Waals surface area contributed by atoms with Gasteiger partial charge in [0.15, 0.2) is 5.54 Å². The lowest BCUT2D eigenvalue weighted by Crippen LogP contribution is -2.53. The van der Waals surface area contributed by atoms with Crippen LogP contribution in [0.2, 0.25) is 0 Å². The summed E-state index contributed by atoms with van der Waals surface area (Å²) in [5, 5.41) is 9.39. The molecule has 1 atom stereocenters. The van der Waals surface area contributed by atoms with Gasteiger partial charge in [0.25, 0.3) is 0 Å². The van der Waals surface area contributed by atoms with Gasteiger partial charge in [-0.05, 0) is 25.5 Å². The minimum Gasteiger partial charge on any atom is -0.480 e. The van der Waals surface area contributed by atoms with Crippen LogP contribution in [-0.2, 0) is 10.3 Å².